The van der Waals surface area contributed by atoms with Crippen LogP contribution in [0.3, 0.4) is 0 Å². The lowest BCUT2D eigenvalue weighted by atomic mass is 10.1. The molecule has 0 aliphatic carbocycles. The number of aliphatic hydroxyl groups excluding tert-OH is 4. The van der Waals surface area contributed by atoms with Gasteiger partial charge in [-0.2, -0.15) is 0 Å². The molecule has 0 aliphatic heterocycles. The van der Waals surface area contributed by atoms with Gasteiger partial charge in [-0.3, -0.25) is 19.2 Å². The van der Waals surface area contributed by atoms with Crippen molar-refractivity contribution in [2.24, 2.45) is 0 Å². The molecule has 18 nitrogen and oxygen atoms in total. The minimum absolute atomic E-state index is 0.0806. The fourth-order valence-electron chi connectivity index (χ4n) is 3.76. The zero-order valence-corrected chi connectivity index (χ0v) is 29.2. The summed E-state index contributed by atoms with van der Waals surface area (Å²) in [4.78, 5) is 47.0. The van der Waals surface area contributed by atoms with Crippen molar-refractivity contribution in [3.8, 4) is 0 Å². The molecule has 0 saturated heterocycles. The predicted octanol–water partition coefficient (Wildman–Crippen LogP) is -0.395. The van der Waals surface area contributed by atoms with Crippen LogP contribution in [0.2, 0.25) is 0 Å². The van der Waals surface area contributed by atoms with Gasteiger partial charge < -0.3 is 68.7 Å². The van der Waals surface area contributed by atoms with Crippen LogP contribution in [0.25, 0.3) is 0 Å². The molecule has 0 rings (SSSR count). The maximum Gasteiger partial charge on any atom is 0.305 e. The summed E-state index contributed by atoms with van der Waals surface area (Å²) < 4.78 is 43.5. The highest BCUT2D eigenvalue weighted by Gasteiger charge is 2.25. The van der Waals surface area contributed by atoms with Gasteiger partial charge >= 0.3 is 17.9 Å². The first kappa shape index (κ1) is 46.5. The third-order valence-corrected chi connectivity index (χ3v) is 6.28. The van der Waals surface area contributed by atoms with E-state index < -0.39 is 87.1 Å². The third-order valence-electron chi connectivity index (χ3n) is 6.28. The van der Waals surface area contributed by atoms with Gasteiger partial charge in [-0.05, 0) is 40.0 Å². The molecule has 6 atom stereocenters. The van der Waals surface area contributed by atoms with Crippen molar-refractivity contribution >= 4 is 23.8 Å². The van der Waals surface area contributed by atoms with Crippen molar-refractivity contribution < 1.29 is 82.6 Å². The average Bonchev–Trinajstić information content (AvgIpc) is 3.04. The van der Waals surface area contributed by atoms with Crippen molar-refractivity contribution in [3.63, 3.8) is 0 Å². The van der Waals surface area contributed by atoms with E-state index in [1.165, 1.54) is 7.11 Å². The Kier molecular flexibility index (Phi) is 25.8. The molecule has 0 aromatic heterocycles. The molecular formula is C31H57NO17. The van der Waals surface area contributed by atoms with Gasteiger partial charge in [-0.25, -0.2) is 0 Å². The summed E-state index contributed by atoms with van der Waals surface area (Å²) in [6.07, 6.45) is -5.84. The highest BCUT2D eigenvalue weighted by Crippen LogP contribution is 2.11. The van der Waals surface area contributed by atoms with Crippen LogP contribution in [0, 0.1) is 0 Å². The molecule has 0 fully saturated rings. The van der Waals surface area contributed by atoms with E-state index in [9.17, 15) is 39.6 Å². The molecule has 49 heavy (non-hydrogen) atoms. The number of amides is 1. The Morgan fingerprint density at radius 2 is 1.10 bits per heavy atom. The lowest BCUT2D eigenvalue weighted by Crippen LogP contribution is -2.40. The minimum atomic E-state index is -1.33. The molecule has 0 aliphatic rings. The van der Waals surface area contributed by atoms with E-state index in [0.717, 1.165) is 0 Å². The summed E-state index contributed by atoms with van der Waals surface area (Å²) in [6, 6.07) is 0. The average molecular weight is 716 g/mol. The number of rotatable bonds is 30. The van der Waals surface area contributed by atoms with Crippen molar-refractivity contribution in [3.05, 3.63) is 0 Å². The Hall–Kier alpha value is -2.52. The summed E-state index contributed by atoms with van der Waals surface area (Å²) in [7, 11) is 1.27. The SMILES string of the molecule is CCC(CO)O[C@@H](CO)OCC(CO)O[C@@H](COC(=O)CCCC(=O)NC(C)(C)C)OCC(CO)O[C@@H](COC(=O)CCCC(=O)O)OC. The molecule has 1 amide bonds. The molecule has 0 radical (unpaired) electrons. The van der Waals surface area contributed by atoms with E-state index >= 15 is 0 Å². The number of carboxylic acids is 1. The summed E-state index contributed by atoms with van der Waals surface area (Å²) in [6.45, 7) is 3.78. The molecule has 0 bridgehead atoms. The second-order valence-electron chi connectivity index (χ2n) is 11.9. The van der Waals surface area contributed by atoms with E-state index in [1.807, 2.05) is 20.8 Å². The van der Waals surface area contributed by atoms with E-state index in [2.05, 4.69) is 5.32 Å². The Bertz CT molecular complexity index is 911. The fourth-order valence-corrected chi connectivity index (χ4v) is 3.76. The molecule has 0 aromatic carbocycles. The van der Waals surface area contributed by atoms with Crippen LogP contribution in [-0.4, -0.2) is 152 Å². The maximum absolute atomic E-state index is 12.4. The van der Waals surface area contributed by atoms with Crippen molar-refractivity contribution in [1.82, 2.24) is 5.32 Å². The largest absolute Gasteiger partial charge is 0.481 e. The van der Waals surface area contributed by atoms with Gasteiger partial charge in [0.25, 0.3) is 0 Å². The van der Waals surface area contributed by atoms with Gasteiger partial charge in [0.2, 0.25) is 5.91 Å². The standard InChI is InChI=1S/C31H57NO17/c1-6-21(13-33)47-28(16-36)45-17-23(15-35)49-30(20-44-26(40)11-7-9-24(37)32-31(2,3)4)46-18-22(14-34)48-29(42-5)19-43-27(41)12-8-10-25(38)39/h21-23,28-30,33-36H,6-20H2,1-5H3,(H,32,37)(H,38,39)/t21?,22?,23?,28-,29-,30-/m0/s1. The quantitative estimate of drug-likeness (QED) is 0.0409. The van der Waals surface area contributed by atoms with Gasteiger partial charge in [-0.1, -0.05) is 6.92 Å². The van der Waals surface area contributed by atoms with Crippen LogP contribution in [0.15, 0.2) is 0 Å². The van der Waals surface area contributed by atoms with Crippen LogP contribution in [-0.2, 0) is 57.1 Å². The molecular weight excluding hydrogens is 658 g/mol. The van der Waals surface area contributed by atoms with Gasteiger partial charge in [-0.15, -0.1) is 0 Å². The molecule has 0 heterocycles. The molecule has 3 unspecified atom stereocenters. The summed E-state index contributed by atoms with van der Waals surface area (Å²) in [5.41, 5.74) is -0.417. The van der Waals surface area contributed by atoms with E-state index in [-0.39, 0.29) is 70.9 Å². The Balaban J connectivity index is 5.32. The summed E-state index contributed by atoms with van der Waals surface area (Å²) in [5, 5.41) is 50.2. The van der Waals surface area contributed by atoms with Crippen LogP contribution in [0.4, 0.5) is 0 Å². The number of carboxylic acid groups (broad SMARTS) is 1. The number of aliphatic carboxylic acids is 1. The zero-order chi connectivity index (χ0) is 37.2. The Morgan fingerprint density at radius 1 is 0.633 bits per heavy atom. The zero-order valence-electron chi connectivity index (χ0n) is 29.2. The van der Waals surface area contributed by atoms with Gasteiger partial charge in [0.15, 0.2) is 18.9 Å². The normalized spacial score (nSPS) is 15.4. The number of aliphatic hydroxyl groups is 4. The van der Waals surface area contributed by atoms with E-state index in [1.54, 1.807) is 6.92 Å². The fraction of sp³-hybridized carbons (Fsp3) is 0.871. The number of carbonyl (C=O) groups is 4. The highest BCUT2D eigenvalue weighted by atomic mass is 16.7. The van der Waals surface area contributed by atoms with E-state index in [4.69, 9.17) is 43.0 Å². The number of ether oxygens (including phenoxy) is 8. The van der Waals surface area contributed by atoms with Gasteiger partial charge in [0.05, 0.1) is 45.7 Å². The monoisotopic (exact) mass is 715 g/mol. The van der Waals surface area contributed by atoms with Crippen molar-refractivity contribution in [2.75, 3.05) is 60.0 Å². The topological polar surface area (TPSA) is 255 Å². The number of hydrogen-bond donors (Lipinski definition) is 6. The number of hydrogen-bond acceptors (Lipinski definition) is 16. The van der Waals surface area contributed by atoms with Crippen LogP contribution in [0.1, 0.15) is 72.6 Å². The second-order valence-corrected chi connectivity index (χ2v) is 11.9. The first-order valence-electron chi connectivity index (χ1n) is 16.2. The van der Waals surface area contributed by atoms with Crippen LogP contribution < -0.4 is 5.32 Å². The van der Waals surface area contributed by atoms with Crippen molar-refractivity contribution in [1.29, 1.82) is 0 Å². The third kappa shape index (κ3) is 25.1. The molecule has 18 heteroatoms. The minimum Gasteiger partial charge on any atom is -0.481 e. The first-order chi connectivity index (χ1) is 23.2. The smallest absolute Gasteiger partial charge is 0.305 e. The Morgan fingerprint density at radius 3 is 1.55 bits per heavy atom. The molecule has 0 aromatic rings. The first-order valence-corrected chi connectivity index (χ1v) is 16.2. The lowest BCUT2D eigenvalue weighted by molar-refractivity contribution is -0.254. The Labute approximate surface area is 287 Å². The maximum atomic E-state index is 12.4. The predicted molar refractivity (Wildman–Crippen MR) is 169 cm³/mol. The highest BCUT2D eigenvalue weighted by molar-refractivity contribution is 5.77. The van der Waals surface area contributed by atoms with Crippen LogP contribution >= 0.6 is 0 Å². The number of methoxy groups -OCH3 is 1. The van der Waals surface area contributed by atoms with Gasteiger partial charge in [0.1, 0.15) is 25.4 Å². The summed E-state index contributed by atoms with van der Waals surface area (Å²) >= 11 is 0. The number of carbonyl (C=O) groups excluding carboxylic acids is 3. The summed E-state index contributed by atoms with van der Waals surface area (Å²) in [5.74, 6) is -2.58. The number of nitrogens with one attached hydrogen (secondary N) is 1. The lowest BCUT2D eigenvalue weighted by Gasteiger charge is -2.28. The van der Waals surface area contributed by atoms with Crippen molar-refractivity contribution in [2.45, 2.75) is 115 Å². The van der Waals surface area contributed by atoms with Crippen LogP contribution in [0.5, 0.6) is 0 Å². The molecule has 0 saturated carbocycles. The number of esters is 2. The molecule has 6 N–H and O–H groups in total. The van der Waals surface area contributed by atoms with Gasteiger partial charge in [0, 0.05) is 38.3 Å². The van der Waals surface area contributed by atoms with E-state index in [0.29, 0.717) is 6.42 Å². The second kappa shape index (κ2) is 27.2. The molecule has 0 spiro atoms. The molecule has 288 valence electrons.